The second kappa shape index (κ2) is 7.70. The van der Waals surface area contributed by atoms with E-state index >= 15 is 0 Å². The number of fused-ring (bicyclic) bond motifs is 1. The van der Waals surface area contributed by atoms with E-state index in [-0.39, 0.29) is 11.6 Å². The number of hydrogen-bond acceptors (Lipinski definition) is 4. The first-order chi connectivity index (χ1) is 15.1. The first-order valence-corrected chi connectivity index (χ1v) is 9.97. The summed E-state index contributed by atoms with van der Waals surface area (Å²) >= 11 is 5.99. The number of benzene rings is 2. The standard InChI is InChI=1S/C23H16ClN5O2/c24-16-8-11-20(26-14-16)29-21(27-19-5-2-1-4-18(19)22(29)30)15-6-9-17(10-7-15)28-13-3-12-25-23(28)31/h1-11,13-14H,12H2,(H,25,31). The van der Waals surface area contributed by atoms with Crippen molar-refractivity contribution in [2.24, 2.45) is 0 Å². The molecule has 2 amide bonds. The highest BCUT2D eigenvalue weighted by atomic mass is 35.5. The number of aromatic nitrogens is 3. The third-order valence-corrected chi connectivity index (χ3v) is 5.19. The van der Waals surface area contributed by atoms with E-state index in [1.807, 2.05) is 36.4 Å². The molecule has 3 heterocycles. The summed E-state index contributed by atoms with van der Waals surface area (Å²) in [6, 6.07) is 17.6. The highest BCUT2D eigenvalue weighted by Gasteiger charge is 2.18. The number of nitrogens with one attached hydrogen (secondary N) is 1. The summed E-state index contributed by atoms with van der Waals surface area (Å²) in [6.07, 6.45) is 5.09. The lowest BCUT2D eigenvalue weighted by Crippen LogP contribution is -2.39. The first-order valence-electron chi connectivity index (χ1n) is 9.60. The summed E-state index contributed by atoms with van der Waals surface area (Å²) in [5.74, 6) is 0.869. The fourth-order valence-corrected chi connectivity index (χ4v) is 3.58. The van der Waals surface area contributed by atoms with Crippen molar-refractivity contribution in [3.8, 4) is 17.2 Å². The van der Waals surface area contributed by atoms with Gasteiger partial charge in [0.15, 0.2) is 0 Å². The number of urea groups is 1. The van der Waals surface area contributed by atoms with Gasteiger partial charge in [-0.15, -0.1) is 0 Å². The van der Waals surface area contributed by atoms with E-state index in [0.29, 0.717) is 45.4 Å². The molecule has 0 saturated carbocycles. The molecule has 7 nitrogen and oxygen atoms in total. The SMILES string of the molecule is O=C1NCC=CN1c1ccc(-c2nc3ccccc3c(=O)n2-c2ccc(Cl)cn2)cc1. The zero-order valence-corrected chi connectivity index (χ0v) is 17.0. The van der Waals surface area contributed by atoms with Crippen LogP contribution in [0.2, 0.25) is 5.02 Å². The minimum atomic E-state index is -0.224. The van der Waals surface area contributed by atoms with Gasteiger partial charge in [0.2, 0.25) is 0 Å². The molecular formula is C23H16ClN5O2. The molecule has 0 bridgehead atoms. The number of nitrogens with zero attached hydrogens (tertiary/aromatic N) is 4. The predicted octanol–water partition coefficient (Wildman–Crippen LogP) is 4.14. The van der Waals surface area contributed by atoms with Gasteiger partial charge < -0.3 is 5.32 Å². The third kappa shape index (κ3) is 3.45. The van der Waals surface area contributed by atoms with Crippen molar-refractivity contribution >= 4 is 34.2 Å². The number of rotatable bonds is 3. The van der Waals surface area contributed by atoms with Gasteiger partial charge in [-0.1, -0.05) is 23.7 Å². The molecule has 2 aromatic heterocycles. The minimum absolute atomic E-state index is 0.193. The highest BCUT2D eigenvalue weighted by Crippen LogP contribution is 2.25. The molecule has 0 unspecified atom stereocenters. The predicted molar refractivity (Wildman–Crippen MR) is 121 cm³/mol. The maximum atomic E-state index is 13.3. The van der Waals surface area contributed by atoms with Gasteiger partial charge in [0, 0.05) is 24.5 Å². The molecule has 2 aromatic carbocycles. The van der Waals surface area contributed by atoms with E-state index in [4.69, 9.17) is 16.6 Å². The van der Waals surface area contributed by atoms with Gasteiger partial charge in [0.25, 0.3) is 5.56 Å². The molecule has 1 aliphatic rings. The smallest absolute Gasteiger partial charge is 0.326 e. The van der Waals surface area contributed by atoms with E-state index in [2.05, 4.69) is 10.3 Å². The van der Waals surface area contributed by atoms with E-state index in [0.717, 1.165) is 0 Å². The number of hydrogen-bond donors (Lipinski definition) is 1. The van der Waals surface area contributed by atoms with Crippen LogP contribution in [-0.4, -0.2) is 27.1 Å². The van der Waals surface area contributed by atoms with Crippen LogP contribution in [0.25, 0.3) is 28.1 Å². The van der Waals surface area contributed by atoms with Crippen LogP contribution in [0.15, 0.2) is 83.9 Å². The monoisotopic (exact) mass is 429 g/mol. The lowest BCUT2D eigenvalue weighted by Gasteiger charge is -2.22. The Balaban J connectivity index is 1.68. The van der Waals surface area contributed by atoms with Gasteiger partial charge in [-0.3, -0.25) is 9.69 Å². The number of amides is 2. The van der Waals surface area contributed by atoms with Crippen molar-refractivity contribution in [3.05, 3.63) is 94.5 Å². The molecule has 31 heavy (non-hydrogen) atoms. The van der Waals surface area contributed by atoms with E-state index in [9.17, 15) is 9.59 Å². The Morgan fingerprint density at radius 1 is 0.968 bits per heavy atom. The van der Waals surface area contributed by atoms with Crippen molar-refractivity contribution in [1.29, 1.82) is 0 Å². The molecule has 4 aromatic rings. The molecule has 1 N–H and O–H groups in total. The number of carbonyl (C=O) groups is 1. The van der Waals surface area contributed by atoms with Crippen LogP contribution in [0.1, 0.15) is 0 Å². The van der Waals surface area contributed by atoms with Crippen LogP contribution in [0.5, 0.6) is 0 Å². The Bertz CT molecular complexity index is 1380. The second-order valence-electron chi connectivity index (χ2n) is 6.92. The molecule has 8 heteroatoms. The Labute approximate surface area is 182 Å². The molecule has 0 saturated heterocycles. The van der Waals surface area contributed by atoms with Crippen LogP contribution in [0.3, 0.4) is 0 Å². The van der Waals surface area contributed by atoms with Gasteiger partial charge in [-0.05, 0) is 54.6 Å². The molecule has 0 radical (unpaired) electrons. The molecule has 0 aliphatic carbocycles. The number of carbonyl (C=O) groups excluding carboxylic acids is 1. The van der Waals surface area contributed by atoms with Crippen LogP contribution in [0, 0.1) is 0 Å². The van der Waals surface area contributed by atoms with E-state index in [1.54, 1.807) is 36.5 Å². The lowest BCUT2D eigenvalue weighted by molar-refractivity contribution is 0.248. The Morgan fingerprint density at radius 3 is 2.52 bits per heavy atom. The quantitative estimate of drug-likeness (QED) is 0.530. The van der Waals surface area contributed by atoms with Crippen LogP contribution >= 0.6 is 11.6 Å². The molecule has 0 spiro atoms. The second-order valence-corrected chi connectivity index (χ2v) is 7.35. The molecule has 5 rings (SSSR count). The van der Waals surface area contributed by atoms with Crippen molar-refractivity contribution in [3.63, 3.8) is 0 Å². The van der Waals surface area contributed by atoms with Crippen LogP contribution in [-0.2, 0) is 0 Å². The van der Waals surface area contributed by atoms with Gasteiger partial charge >= 0.3 is 6.03 Å². The van der Waals surface area contributed by atoms with Crippen LogP contribution < -0.4 is 15.8 Å². The summed E-state index contributed by atoms with van der Waals surface area (Å²) in [4.78, 5) is 36.0. The molecular weight excluding hydrogens is 414 g/mol. The van der Waals surface area contributed by atoms with Gasteiger partial charge in [-0.2, -0.15) is 0 Å². The molecule has 1 aliphatic heterocycles. The van der Waals surface area contributed by atoms with Gasteiger partial charge in [0.05, 0.1) is 21.6 Å². The summed E-state index contributed by atoms with van der Waals surface area (Å²) in [5.41, 5.74) is 1.79. The average molecular weight is 430 g/mol. The topological polar surface area (TPSA) is 80.1 Å². The normalized spacial score (nSPS) is 13.5. The number of para-hydroxylation sites is 1. The summed E-state index contributed by atoms with van der Waals surface area (Å²) in [7, 11) is 0. The Morgan fingerprint density at radius 2 is 1.77 bits per heavy atom. The fourth-order valence-electron chi connectivity index (χ4n) is 3.47. The third-order valence-electron chi connectivity index (χ3n) is 4.96. The van der Waals surface area contributed by atoms with Crippen molar-refractivity contribution in [2.75, 3.05) is 11.4 Å². The fraction of sp³-hybridized carbons (Fsp3) is 0.0435. The minimum Gasteiger partial charge on any atom is -0.334 e. The molecule has 0 atom stereocenters. The van der Waals surface area contributed by atoms with Crippen molar-refractivity contribution < 1.29 is 4.79 Å². The van der Waals surface area contributed by atoms with Crippen molar-refractivity contribution in [2.45, 2.75) is 0 Å². The average Bonchev–Trinajstić information content (AvgIpc) is 2.80. The Hall–Kier alpha value is -3.97. The maximum Gasteiger partial charge on any atom is 0.326 e. The lowest BCUT2D eigenvalue weighted by atomic mass is 10.1. The highest BCUT2D eigenvalue weighted by molar-refractivity contribution is 6.30. The number of anilines is 1. The Kier molecular flexibility index (Phi) is 4.72. The largest absolute Gasteiger partial charge is 0.334 e. The summed E-state index contributed by atoms with van der Waals surface area (Å²) in [6.45, 7) is 0.509. The van der Waals surface area contributed by atoms with Crippen molar-refractivity contribution in [1.82, 2.24) is 19.9 Å². The zero-order valence-electron chi connectivity index (χ0n) is 16.2. The van der Waals surface area contributed by atoms with E-state index < -0.39 is 0 Å². The van der Waals surface area contributed by atoms with Gasteiger partial charge in [-0.25, -0.2) is 19.3 Å². The molecule has 152 valence electrons. The van der Waals surface area contributed by atoms with Gasteiger partial charge in [0.1, 0.15) is 11.6 Å². The number of pyridine rings is 1. The first kappa shape index (κ1) is 19.0. The van der Waals surface area contributed by atoms with Crippen LogP contribution in [0.4, 0.5) is 10.5 Å². The summed E-state index contributed by atoms with van der Waals surface area (Å²) < 4.78 is 1.47. The summed E-state index contributed by atoms with van der Waals surface area (Å²) in [5, 5.41) is 3.73. The number of halogens is 1. The van der Waals surface area contributed by atoms with E-state index in [1.165, 1.54) is 15.7 Å². The zero-order chi connectivity index (χ0) is 21.4. The molecule has 0 fully saturated rings. The maximum absolute atomic E-state index is 13.3.